The highest BCUT2D eigenvalue weighted by atomic mass is 16.7. The Morgan fingerprint density at radius 3 is 2.60 bits per heavy atom. The molecule has 1 heterocycles. The molecule has 0 spiro atoms. The van der Waals surface area contributed by atoms with Crippen LogP contribution in [-0.2, 0) is 14.2 Å². The van der Waals surface area contributed by atoms with Crippen LogP contribution in [0.15, 0.2) is 0 Å². The molecule has 1 rings (SSSR count). The monoisotopic (exact) mass is 217 g/mol. The van der Waals surface area contributed by atoms with E-state index >= 15 is 0 Å². The molecule has 0 N–H and O–H groups in total. The molecule has 0 aliphatic carbocycles. The van der Waals surface area contributed by atoms with Crippen LogP contribution in [0.3, 0.4) is 0 Å². The molecule has 0 aromatic heterocycles. The fraction of sp³-hybridized carbons (Fsp3) is 1.00. The van der Waals surface area contributed by atoms with E-state index < -0.39 is 0 Å². The summed E-state index contributed by atoms with van der Waals surface area (Å²) in [5, 5.41) is 0. The van der Waals surface area contributed by atoms with Crippen LogP contribution in [0.4, 0.5) is 0 Å². The van der Waals surface area contributed by atoms with Crippen LogP contribution in [0.25, 0.3) is 0 Å². The minimum absolute atomic E-state index is 0.00958. The highest BCUT2D eigenvalue weighted by Crippen LogP contribution is 2.09. The molecule has 15 heavy (non-hydrogen) atoms. The van der Waals surface area contributed by atoms with Crippen molar-refractivity contribution in [1.82, 2.24) is 4.90 Å². The Balaban J connectivity index is 2.09. The van der Waals surface area contributed by atoms with Gasteiger partial charge in [0.25, 0.3) is 0 Å². The SMILES string of the molecule is CCN(CCOC)CCC1OCCCO1. The summed E-state index contributed by atoms with van der Waals surface area (Å²) in [5.74, 6) is 0. The molecule has 0 aromatic rings. The third kappa shape index (κ3) is 5.47. The van der Waals surface area contributed by atoms with Crippen molar-refractivity contribution in [2.45, 2.75) is 26.1 Å². The van der Waals surface area contributed by atoms with Gasteiger partial charge in [-0.05, 0) is 13.0 Å². The van der Waals surface area contributed by atoms with E-state index in [0.29, 0.717) is 0 Å². The van der Waals surface area contributed by atoms with E-state index in [1.165, 1.54) is 0 Å². The van der Waals surface area contributed by atoms with Gasteiger partial charge in [0.05, 0.1) is 19.8 Å². The maximum atomic E-state index is 5.50. The predicted molar refractivity (Wildman–Crippen MR) is 58.9 cm³/mol. The lowest BCUT2D eigenvalue weighted by molar-refractivity contribution is -0.182. The molecule has 1 fully saturated rings. The van der Waals surface area contributed by atoms with Crippen molar-refractivity contribution in [2.75, 3.05) is 46.6 Å². The first-order valence-electron chi connectivity index (χ1n) is 5.81. The predicted octanol–water partition coefficient (Wildman–Crippen LogP) is 1.11. The molecule has 1 saturated heterocycles. The number of nitrogens with zero attached hydrogens (tertiary/aromatic N) is 1. The molecule has 0 bridgehead atoms. The van der Waals surface area contributed by atoms with E-state index in [1.807, 2.05) is 0 Å². The second kappa shape index (κ2) is 8.05. The number of rotatable bonds is 7. The van der Waals surface area contributed by atoms with Crippen molar-refractivity contribution >= 4 is 0 Å². The van der Waals surface area contributed by atoms with Gasteiger partial charge in [0.2, 0.25) is 0 Å². The maximum absolute atomic E-state index is 5.50. The molecule has 4 nitrogen and oxygen atoms in total. The summed E-state index contributed by atoms with van der Waals surface area (Å²) in [6.45, 7) is 7.70. The van der Waals surface area contributed by atoms with Crippen LogP contribution < -0.4 is 0 Å². The van der Waals surface area contributed by atoms with Crippen LogP contribution in [0, 0.1) is 0 Å². The Kier molecular flexibility index (Phi) is 6.92. The first-order chi connectivity index (χ1) is 7.36. The number of likely N-dealkylation sites (N-methyl/N-ethyl adjacent to an activating group) is 1. The molecule has 0 aromatic carbocycles. The van der Waals surface area contributed by atoms with Crippen LogP contribution in [-0.4, -0.2) is 57.8 Å². The molecule has 0 saturated carbocycles. The minimum Gasteiger partial charge on any atom is -0.383 e. The third-order valence-corrected chi connectivity index (χ3v) is 2.64. The van der Waals surface area contributed by atoms with Gasteiger partial charge < -0.3 is 19.1 Å². The zero-order valence-electron chi connectivity index (χ0n) is 9.91. The highest BCUT2D eigenvalue weighted by Gasteiger charge is 2.14. The third-order valence-electron chi connectivity index (χ3n) is 2.64. The van der Waals surface area contributed by atoms with Gasteiger partial charge in [0.1, 0.15) is 0 Å². The lowest BCUT2D eigenvalue weighted by Gasteiger charge is -2.26. The van der Waals surface area contributed by atoms with Crippen molar-refractivity contribution in [3.63, 3.8) is 0 Å². The fourth-order valence-electron chi connectivity index (χ4n) is 1.64. The van der Waals surface area contributed by atoms with E-state index in [1.54, 1.807) is 7.11 Å². The number of ether oxygens (including phenoxy) is 3. The summed E-state index contributed by atoms with van der Waals surface area (Å²) >= 11 is 0. The van der Waals surface area contributed by atoms with Crippen molar-refractivity contribution < 1.29 is 14.2 Å². The van der Waals surface area contributed by atoms with Gasteiger partial charge >= 0.3 is 0 Å². The van der Waals surface area contributed by atoms with Crippen molar-refractivity contribution in [3.8, 4) is 0 Å². The topological polar surface area (TPSA) is 30.9 Å². The Morgan fingerprint density at radius 1 is 1.27 bits per heavy atom. The quantitative estimate of drug-likeness (QED) is 0.639. The summed E-state index contributed by atoms with van der Waals surface area (Å²) in [4.78, 5) is 2.35. The fourth-order valence-corrected chi connectivity index (χ4v) is 1.64. The Bertz CT molecular complexity index is 149. The van der Waals surface area contributed by atoms with Gasteiger partial charge in [-0.2, -0.15) is 0 Å². The van der Waals surface area contributed by atoms with Crippen molar-refractivity contribution in [1.29, 1.82) is 0 Å². The normalized spacial score (nSPS) is 18.6. The zero-order valence-corrected chi connectivity index (χ0v) is 9.91. The van der Waals surface area contributed by atoms with Gasteiger partial charge in [-0.15, -0.1) is 0 Å². The van der Waals surface area contributed by atoms with E-state index in [0.717, 1.165) is 52.3 Å². The Labute approximate surface area is 92.5 Å². The number of hydrogen-bond donors (Lipinski definition) is 0. The van der Waals surface area contributed by atoms with Crippen LogP contribution in [0.2, 0.25) is 0 Å². The average molecular weight is 217 g/mol. The van der Waals surface area contributed by atoms with E-state index in [-0.39, 0.29) is 6.29 Å². The maximum Gasteiger partial charge on any atom is 0.158 e. The van der Waals surface area contributed by atoms with Crippen LogP contribution >= 0.6 is 0 Å². The first-order valence-corrected chi connectivity index (χ1v) is 5.81. The van der Waals surface area contributed by atoms with Crippen molar-refractivity contribution in [2.24, 2.45) is 0 Å². The molecule has 0 radical (unpaired) electrons. The van der Waals surface area contributed by atoms with Gasteiger partial charge in [0, 0.05) is 26.6 Å². The minimum atomic E-state index is 0.00958. The molecule has 0 amide bonds. The second-order valence-corrected chi connectivity index (χ2v) is 3.74. The molecule has 0 atom stereocenters. The Hall–Kier alpha value is -0.160. The van der Waals surface area contributed by atoms with E-state index in [9.17, 15) is 0 Å². The molecular formula is C11H23NO3. The van der Waals surface area contributed by atoms with Gasteiger partial charge in [-0.25, -0.2) is 0 Å². The van der Waals surface area contributed by atoms with Crippen LogP contribution in [0.5, 0.6) is 0 Å². The second-order valence-electron chi connectivity index (χ2n) is 3.74. The smallest absolute Gasteiger partial charge is 0.158 e. The molecular weight excluding hydrogens is 194 g/mol. The molecule has 4 heteroatoms. The molecule has 1 aliphatic heterocycles. The number of hydrogen-bond acceptors (Lipinski definition) is 4. The standard InChI is InChI=1S/C11H23NO3/c1-3-12(7-10-13-2)6-5-11-14-8-4-9-15-11/h11H,3-10H2,1-2H3. The zero-order chi connectivity index (χ0) is 10.9. The van der Waals surface area contributed by atoms with E-state index in [4.69, 9.17) is 14.2 Å². The van der Waals surface area contributed by atoms with Crippen LogP contribution in [0.1, 0.15) is 19.8 Å². The summed E-state index contributed by atoms with van der Waals surface area (Å²) in [6, 6.07) is 0. The molecule has 0 unspecified atom stereocenters. The Morgan fingerprint density at radius 2 is 2.00 bits per heavy atom. The first kappa shape index (κ1) is 12.9. The van der Waals surface area contributed by atoms with E-state index in [2.05, 4.69) is 11.8 Å². The summed E-state index contributed by atoms with van der Waals surface area (Å²) in [6.07, 6.45) is 1.99. The number of methoxy groups -OCH3 is 1. The molecule has 1 aliphatic rings. The van der Waals surface area contributed by atoms with Gasteiger partial charge in [-0.1, -0.05) is 6.92 Å². The molecule has 90 valence electrons. The summed E-state index contributed by atoms with van der Waals surface area (Å²) in [5.41, 5.74) is 0. The van der Waals surface area contributed by atoms with Gasteiger partial charge in [-0.3, -0.25) is 0 Å². The lowest BCUT2D eigenvalue weighted by Crippen LogP contribution is -2.33. The largest absolute Gasteiger partial charge is 0.383 e. The van der Waals surface area contributed by atoms with Gasteiger partial charge in [0.15, 0.2) is 6.29 Å². The van der Waals surface area contributed by atoms with Crippen molar-refractivity contribution in [3.05, 3.63) is 0 Å². The highest BCUT2D eigenvalue weighted by molar-refractivity contribution is 4.59. The lowest BCUT2D eigenvalue weighted by atomic mass is 10.3. The summed E-state index contributed by atoms with van der Waals surface area (Å²) < 4.78 is 16.1. The summed E-state index contributed by atoms with van der Waals surface area (Å²) in [7, 11) is 1.74. The average Bonchev–Trinajstić information content (AvgIpc) is 2.31.